The number of nitrogens with zero attached hydrogens (tertiary/aromatic N) is 1. The van der Waals surface area contributed by atoms with Crippen LogP contribution in [0.4, 0.5) is 0 Å². The van der Waals surface area contributed by atoms with E-state index in [1.54, 1.807) is 4.90 Å². The van der Waals surface area contributed by atoms with Gasteiger partial charge in [-0.1, -0.05) is 13.3 Å². The molecule has 0 saturated carbocycles. The smallest absolute Gasteiger partial charge is 0.236 e. The summed E-state index contributed by atoms with van der Waals surface area (Å²) in [5, 5.41) is 9.70. The van der Waals surface area contributed by atoms with E-state index in [4.69, 9.17) is 5.73 Å². The van der Waals surface area contributed by atoms with Crippen molar-refractivity contribution in [1.29, 1.82) is 0 Å². The zero-order valence-corrected chi connectivity index (χ0v) is 8.78. The molecule has 14 heavy (non-hydrogen) atoms. The normalized spacial score (nSPS) is 27.8. The highest BCUT2D eigenvalue weighted by atomic mass is 16.3. The van der Waals surface area contributed by atoms with Gasteiger partial charge < -0.3 is 15.7 Å². The number of hydrogen-bond acceptors (Lipinski definition) is 3. The average molecular weight is 200 g/mol. The number of piperidine rings is 1. The van der Waals surface area contributed by atoms with Gasteiger partial charge in [-0.2, -0.15) is 0 Å². The van der Waals surface area contributed by atoms with E-state index in [1.807, 2.05) is 0 Å². The molecule has 1 amide bonds. The molecular weight excluding hydrogens is 180 g/mol. The van der Waals surface area contributed by atoms with Crippen molar-refractivity contribution < 1.29 is 9.90 Å². The van der Waals surface area contributed by atoms with Crippen molar-refractivity contribution in [1.82, 2.24) is 4.90 Å². The maximum Gasteiger partial charge on any atom is 0.236 e. The molecule has 0 aromatic rings. The van der Waals surface area contributed by atoms with Gasteiger partial charge in [-0.05, 0) is 12.8 Å². The predicted octanol–water partition coefficient (Wildman–Crippen LogP) is -0.0454. The maximum atomic E-state index is 11.3. The first-order chi connectivity index (χ1) is 6.69. The van der Waals surface area contributed by atoms with Crippen LogP contribution in [0.25, 0.3) is 0 Å². The van der Waals surface area contributed by atoms with E-state index in [0.717, 1.165) is 12.8 Å². The summed E-state index contributed by atoms with van der Waals surface area (Å²) in [7, 11) is 0. The quantitative estimate of drug-likeness (QED) is 0.671. The average Bonchev–Trinajstić information content (AvgIpc) is 2.20. The Morgan fingerprint density at radius 3 is 2.93 bits per heavy atom. The van der Waals surface area contributed by atoms with Crippen LogP contribution < -0.4 is 5.73 Å². The number of rotatable bonds is 3. The number of aliphatic hydroxyl groups is 1. The Kier molecular flexibility index (Phi) is 4.35. The summed E-state index contributed by atoms with van der Waals surface area (Å²) >= 11 is 0. The third-order valence-electron chi connectivity index (χ3n) is 2.88. The molecule has 0 unspecified atom stereocenters. The maximum absolute atomic E-state index is 11.3. The van der Waals surface area contributed by atoms with E-state index in [0.29, 0.717) is 19.5 Å². The van der Waals surface area contributed by atoms with E-state index < -0.39 is 0 Å². The minimum Gasteiger partial charge on any atom is -0.393 e. The van der Waals surface area contributed by atoms with Crippen molar-refractivity contribution in [2.24, 2.45) is 11.7 Å². The fourth-order valence-electron chi connectivity index (χ4n) is 2.03. The Morgan fingerprint density at radius 1 is 1.64 bits per heavy atom. The molecule has 0 aromatic heterocycles. The number of nitrogens with two attached hydrogens (primary N) is 1. The van der Waals surface area contributed by atoms with Crippen LogP contribution in [-0.2, 0) is 4.79 Å². The Balaban J connectivity index is 2.48. The van der Waals surface area contributed by atoms with Gasteiger partial charge in [0, 0.05) is 19.0 Å². The van der Waals surface area contributed by atoms with Crippen LogP contribution in [0, 0.1) is 5.92 Å². The Bertz CT molecular complexity index is 197. The topological polar surface area (TPSA) is 66.6 Å². The van der Waals surface area contributed by atoms with Crippen LogP contribution in [0.15, 0.2) is 0 Å². The molecule has 1 aliphatic heterocycles. The monoisotopic (exact) mass is 200 g/mol. The predicted molar refractivity (Wildman–Crippen MR) is 54.7 cm³/mol. The number of aliphatic hydroxyl groups excluding tert-OH is 1. The van der Waals surface area contributed by atoms with Crippen molar-refractivity contribution in [3.63, 3.8) is 0 Å². The highest BCUT2D eigenvalue weighted by Crippen LogP contribution is 2.21. The molecule has 2 atom stereocenters. The lowest BCUT2D eigenvalue weighted by Gasteiger charge is -2.36. The molecule has 0 bridgehead atoms. The minimum absolute atomic E-state index is 0.00185. The van der Waals surface area contributed by atoms with Crippen LogP contribution in [0.1, 0.15) is 26.2 Å². The second kappa shape index (κ2) is 5.32. The zero-order chi connectivity index (χ0) is 10.6. The number of carbonyl (C=O) groups excluding carboxylic acids is 1. The molecule has 0 aliphatic carbocycles. The van der Waals surface area contributed by atoms with Gasteiger partial charge in [-0.3, -0.25) is 4.79 Å². The molecule has 1 fully saturated rings. The molecule has 0 aromatic carbocycles. The van der Waals surface area contributed by atoms with Crippen LogP contribution in [0.2, 0.25) is 0 Å². The van der Waals surface area contributed by atoms with Gasteiger partial charge in [0.2, 0.25) is 5.91 Å². The van der Waals surface area contributed by atoms with Crippen molar-refractivity contribution in [3.8, 4) is 0 Å². The summed E-state index contributed by atoms with van der Waals surface area (Å²) < 4.78 is 0. The third kappa shape index (κ3) is 2.69. The molecule has 3 N–H and O–H groups in total. The van der Waals surface area contributed by atoms with E-state index in [1.165, 1.54) is 0 Å². The van der Waals surface area contributed by atoms with E-state index in [-0.39, 0.29) is 24.5 Å². The van der Waals surface area contributed by atoms with Crippen molar-refractivity contribution in [3.05, 3.63) is 0 Å². The van der Waals surface area contributed by atoms with Crippen molar-refractivity contribution in [2.45, 2.75) is 32.3 Å². The standard InChI is InChI=1S/C10H20N2O2/c1-2-3-8-7-12(10(14)6-11)5-4-9(8)13/h8-9,13H,2-7,11H2,1H3/t8-,9+/m0/s1. The van der Waals surface area contributed by atoms with Gasteiger partial charge in [-0.25, -0.2) is 0 Å². The highest BCUT2D eigenvalue weighted by Gasteiger charge is 2.28. The number of carbonyl (C=O) groups is 1. The second-order valence-corrected chi connectivity index (χ2v) is 3.95. The summed E-state index contributed by atoms with van der Waals surface area (Å²) in [6.07, 6.45) is 2.48. The SMILES string of the molecule is CCC[C@H]1CN(C(=O)CN)CC[C@H]1O. The van der Waals surface area contributed by atoms with Crippen molar-refractivity contribution in [2.75, 3.05) is 19.6 Å². The first kappa shape index (κ1) is 11.5. The van der Waals surface area contributed by atoms with Gasteiger partial charge in [-0.15, -0.1) is 0 Å². The van der Waals surface area contributed by atoms with Crippen LogP contribution >= 0.6 is 0 Å². The summed E-state index contributed by atoms with van der Waals surface area (Å²) in [5.74, 6) is 0.238. The van der Waals surface area contributed by atoms with E-state index in [9.17, 15) is 9.90 Å². The highest BCUT2D eigenvalue weighted by molar-refractivity contribution is 5.78. The Labute approximate surface area is 85.1 Å². The van der Waals surface area contributed by atoms with Crippen LogP contribution in [-0.4, -0.2) is 41.7 Å². The second-order valence-electron chi connectivity index (χ2n) is 3.95. The molecule has 0 radical (unpaired) electrons. The molecule has 82 valence electrons. The first-order valence-electron chi connectivity index (χ1n) is 5.35. The summed E-state index contributed by atoms with van der Waals surface area (Å²) in [6, 6.07) is 0. The third-order valence-corrected chi connectivity index (χ3v) is 2.88. The van der Waals surface area contributed by atoms with Gasteiger partial charge in [0.05, 0.1) is 12.6 Å². The van der Waals surface area contributed by atoms with Gasteiger partial charge in [0.1, 0.15) is 0 Å². The molecule has 1 saturated heterocycles. The molecule has 4 heteroatoms. The van der Waals surface area contributed by atoms with Crippen LogP contribution in [0.3, 0.4) is 0 Å². The van der Waals surface area contributed by atoms with Gasteiger partial charge >= 0.3 is 0 Å². The molecular formula is C10H20N2O2. The Hall–Kier alpha value is -0.610. The molecule has 1 aliphatic rings. The fourth-order valence-corrected chi connectivity index (χ4v) is 2.03. The summed E-state index contributed by atoms with van der Waals surface area (Å²) in [6.45, 7) is 3.49. The number of amides is 1. The van der Waals surface area contributed by atoms with Crippen LogP contribution in [0.5, 0.6) is 0 Å². The Morgan fingerprint density at radius 2 is 2.36 bits per heavy atom. The molecule has 4 nitrogen and oxygen atoms in total. The van der Waals surface area contributed by atoms with Gasteiger partial charge in [0.15, 0.2) is 0 Å². The van der Waals surface area contributed by atoms with E-state index >= 15 is 0 Å². The lowest BCUT2D eigenvalue weighted by Crippen LogP contribution is -2.47. The zero-order valence-electron chi connectivity index (χ0n) is 8.78. The number of hydrogen-bond donors (Lipinski definition) is 2. The summed E-state index contributed by atoms with van der Waals surface area (Å²) in [5.41, 5.74) is 5.30. The molecule has 1 heterocycles. The number of likely N-dealkylation sites (tertiary alicyclic amines) is 1. The minimum atomic E-state index is -0.239. The lowest BCUT2D eigenvalue weighted by molar-refractivity contribution is -0.133. The lowest BCUT2D eigenvalue weighted by atomic mass is 9.91. The fraction of sp³-hybridized carbons (Fsp3) is 0.900. The largest absolute Gasteiger partial charge is 0.393 e. The van der Waals surface area contributed by atoms with Gasteiger partial charge in [0.25, 0.3) is 0 Å². The van der Waals surface area contributed by atoms with E-state index in [2.05, 4.69) is 6.92 Å². The first-order valence-corrected chi connectivity index (χ1v) is 5.35. The molecule has 1 rings (SSSR count). The summed E-state index contributed by atoms with van der Waals surface area (Å²) in [4.78, 5) is 13.1. The van der Waals surface area contributed by atoms with Crippen molar-refractivity contribution >= 4 is 5.91 Å². The molecule has 0 spiro atoms.